The number of amides is 1. The van der Waals surface area contributed by atoms with Crippen molar-refractivity contribution in [3.8, 4) is 11.5 Å². The molecule has 0 bridgehead atoms. The maximum absolute atomic E-state index is 12.3. The second kappa shape index (κ2) is 6.81. The van der Waals surface area contributed by atoms with Gasteiger partial charge in [0.15, 0.2) is 0 Å². The number of likely N-dealkylation sites (tertiary alicyclic amines) is 1. The maximum atomic E-state index is 12.3. The van der Waals surface area contributed by atoms with Gasteiger partial charge in [0.1, 0.15) is 17.4 Å². The Labute approximate surface area is 160 Å². The molecule has 146 valence electrons. The van der Waals surface area contributed by atoms with Crippen molar-refractivity contribution in [3.05, 3.63) is 53.3 Å². The quantitative estimate of drug-likeness (QED) is 0.651. The topological polar surface area (TPSA) is 129 Å². The van der Waals surface area contributed by atoms with Crippen LogP contribution in [0.25, 0.3) is 0 Å². The summed E-state index contributed by atoms with van der Waals surface area (Å²) in [7, 11) is 0. The second-order valence-corrected chi connectivity index (χ2v) is 6.94. The van der Waals surface area contributed by atoms with E-state index in [0.717, 1.165) is 0 Å². The van der Waals surface area contributed by atoms with Crippen LogP contribution in [0.2, 0.25) is 6.32 Å². The van der Waals surface area contributed by atoms with Gasteiger partial charge in [0.2, 0.25) is 0 Å². The van der Waals surface area contributed by atoms with Crippen LogP contribution in [-0.2, 0) is 6.42 Å². The Balaban J connectivity index is 1.49. The van der Waals surface area contributed by atoms with E-state index in [1.54, 1.807) is 29.3 Å². The number of hydrogen-bond donors (Lipinski definition) is 3. The van der Waals surface area contributed by atoms with Gasteiger partial charge in [0, 0.05) is 12.4 Å². The Hall–Kier alpha value is -3.11. The zero-order chi connectivity index (χ0) is 19.9. The van der Waals surface area contributed by atoms with Gasteiger partial charge in [-0.15, -0.1) is 0 Å². The molecule has 1 amide bonds. The van der Waals surface area contributed by atoms with Gasteiger partial charge in [0.25, 0.3) is 5.91 Å². The molecule has 28 heavy (non-hydrogen) atoms. The molecule has 0 atom stereocenters. The molecule has 0 radical (unpaired) electrons. The number of carboxylic acid groups (broad SMARTS) is 1. The highest BCUT2D eigenvalue weighted by molar-refractivity contribution is 6.59. The lowest BCUT2D eigenvalue weighted by Crippen LogP contribution is -2.56. The second-order valence-electron chi connectivity index (χ2n) is 6.94. The SMILES string of the molecule is O=C(O)c1c(OC2CN(C(=O)c3cccnc3)C2)ccc2c1O[B-](O)(O)CC2. The number of carbonyl (C=O) groups is 2. The summed E-state index contributed by atoms with van der Waals surface area (Å²) in [5.74, 6) is -1.47. The molecule has 10 heteroatoms. The minimum absolute atomic E-state index is 0.000300. The number of nitrogens with zero attached hydrogens (tertiary/aromatic N) is 2. The first kappa shape index (κ1) is 18.3. The number of benzene rings is 1. The molecule has 9 nitrogen and oxygen atoms in total. The Morgan fingerprint density at radius 3 is 2.71 bits per heavy atom. The number of ether oxygens (including phenoxy) is 1. The third-order valence-electron chi connectivity index (χ3n) is 4.85. The molecular formula is C18H18BN2O7-. The molecule has 0 aliphatic carbocycles. The summed E-state index contributed by atoms with van der Waals surface area (Å²) in [5, 5.41) is 29.1. The average molecular weight is 385 g/mol. The van der Waals surface area contributed by atoms with E-state index in [9.17, 15) is 24.7 Å². The maximum Gasteiger partial charge on any atom is 0.430 e. The first-order valence-corrected chi connectivity index (χ1v) is 8.88. The Morgan fingerprint density at radius 1 is 1.25 bits per heavy atom. The molecule has 3 N–H and O–H groups in total. The lowest BCUT2D eigenvalue weighted by molar-refractivity contribution is 0.0168. The van der Waals surface area contributed by atoms with Gasteiger partial charge in [-0.2, -0.15) is 0 Å². The van der Waals surface area contributed by atoms with Crippen LogP contribution in [0.15, 0.2) is 36.7 Å². The van der Waals surface area contributed by atoms with Gasteiger partial charge in [-0.25, -0.2) is 4.79 Å². The van der Waals surface area contributed by atoms with Crippen molar-refractivity contribution in [2.45, 2.75) is 18.8 Å². The van der Waals surface area contributed by atoms with E-state index in [0.29, 0.717) is 30.6 Å². The molecule has 2 aliphatic rings. The molecule has 0 unspecified atom stereocenters. The van der Waals surface area contributed by atoms with E-state index in [1.165, 1.54) is 12.3 Å². The highest BCUT2D eigenvalue weighted by atomic mass is 16.6. The van der Waals surface area contributed by atoms with Gasteiger partial charge in [-0.3, -0.25) is 9.78 Å². The van der Waals surface area contributed by atoms with Gasteiger partial charge in [0.05, 0.1) is 24.4 Å². The van der Waals surface area contributed by atoms with Gasteiger partial charge in [-0.1, -0.05) is 12.4 Å². The van der Waals surface area contributed by atoms with E-state index < -0.39 is 12.7 Å². The van der Waals surface area contributed by atoms with Crippen molar-refractivity contribution >= 4 is 18.6 Å². The first-order chi connectivity index (χ1) is 13.3. The third kappa shape index (κ3) is 3.39. The lowest BCUT2D eigenvalue weighted by atomic mass is 9.70. The van der Waals surface area contributed by atoms with Crippen LogP contribution >= 0.6 is 0 Å². The summed E-state index contributed by atoms with van der Waals surface area (Å²) in [4.78, 5) is 29.6. The molecule has 0 saturated carbocycles. The van der Waals surface area contributed by atoms with Gasteiger partial charge >= 0.3 is 12.7 Å². The molecule has 1 aromatic heterocycles. The van der Waals surface area contributed by atoms with Crippen molar-refractivity contribution < 1.29 is 34.1 Å². The number of aromatic nitrogens is 1. The van der Waals surface area contributed by atoms with Crippen LogP contribution in [0, 0.1) is 0 Å². The van der Waals surface area contributed by atoms with Crippen molar-refractivity contribution in [2.24, 2.45) is 0 Å². The smallest absolute Gasteiger partial charge is 0.430 e. The Kier molecular flexibility index (Phi) is 4.44. The van der Waals surface area contributed by atoms with Crippen LogP contribution < -0.4 is 9.39 Å². The number of hydrogen-bond acceptors (Lipinski definition) is 7. The average Bonchev–Trinajstić information content (AvgIpc) is 2.63. The van der Waals surface area contributed by atoms with Crippen molar-refractivity contribution in [1.82, 2.24) is 9.88 Å². The highest BCUT2D eigenvalue weighted by Gasteiger charge is 2.36. The van der Waals surface area contributed by atoms with E-state index in [4.69, 9.17) is 9.39 Å². The lowest BCUT2D eigenvalue weighted by Gasteiger charge is -2.40. The molecule has 2 aliphatic heterocycles. The van der Waals surface area contributed by atoms with E-state index in [1.807, 2.05) is 0 Å². The van der Waals surface area contributed by atoms with Crippen LogP contribution in [0.5, 0.6) is 11.5 Å². The number of pyridine rings is 1. The highest BCUT2D eigenvalue weighted by Crippen LogP contribution is 2.39. The van der Waals surface area contributed by atoms with Crippen molar-refractivity contribution in [1.29, 1.82) is 0 Å². The van der Waals surface area contributed by atoms with E-state index >= 15 is 0 Å². The number of aromatic carboxylic acids is 1. The minimum atomic E-state index is -3.09. The number of carboxylic acids is 1. The summed E-state index contributed by atoms with van der Waals surface area (Å²) in [6, 6.07) is 6.54. The number of aryl methyl sites for hydroxylation is 1. The molecule has 1 aromatic carbocycles. The van der Waals surface area contributed by atoms with E-state index in [2.05, 4.69) is 4.98 Å². The summed E-state index contributed by atoms with van der Waals surface area (Å²) < 4.78 is 10.9. The van der Waals surface area contributed by atoms with E-state index in [-0.39, 0.29) is 35.4 Å². The molecule has 0 spiro atoms. The molecule has 3 heterocycles. The summed E-state index contributed by atoms with van der Waals surface area (Å²) in [6.45, 7) is -2.48. The summed E-state index contributed by atoms with van der Waals surface area (Å²) >= 11 is 0. The van der Waals surface area contributed by atoms with Crippen molar-refractivity contribution in [3.63, 3.8) is 0 Å². The molecule has 1 fully saturated rings. The molecule has 4 rings (SSSR count). The zero-order valence-corrected chi connectivity index (χ0v) is 14.8. The summed E-state index contributed by atoms with van der Waals surface area (Å²) in [6.07, 6.45) is 2.98. The van der Waals surface area contributed by atoms with Gasteiger partial charge in [-0.05, 0) is 30.2 Å². The van der Waals surface area contributed by atoms with Gasteiger partial charge < -0.3 is 29.4 Å². The fourth-order valence-corrected chi connectivity index (χ4v) is 3.36. The monoisotopic (exact) mass is 385 g/mol. The molecular weight excluding hydrogens is 367 g/mol. The molecule has 2 aromatic rings. The fourth-order valence-electron chi connectivity index (χ4n) is 3.36. The fraction of sp³-hybridized carbons (Fsp3) is 0.278. The molecule has 1 saturated heterocycles. The van der Waals surface area contributed by atoms with Crippen LogP contribution in [-0.4, -0.2) is 62.9 Å². The zero-order valence-electron chi connectivity index (χ0n) is 14.8. The predicted octanol–water partition coefficient (Wildman–Crippen LogP) is 0.542. The number of fused-ring (bicyclic) bond motifs is 1. The normalized spacial score (nSPS) is 17.9. The first-order valence-electron chi connectivity index (χ1n) is 8.88. The Bertz CT molecular complexity index is 929. The predicted molar refractivity (Wildman–Crippen MR) is 97.3 cm³/mol. The van der Waals surface area contributed by atoms with Crippen LogP contribution in [0.1, 0.15) is 26.3 Å². The standard InChI is InChI=1S/C18H18BN2O7/c22-17(12-2-1-7-20-8-12)21-9-13(10-21)27-14-4-3-11-5-6-19(25,26)28-16(11)15(14)18(23)24/h1-4,7-8,13,25-26H,5-6,9-10H2,(H,23,24)/q-1. The number of carbonyl (C=O) groups excluding carboxylic acids is 1. The summed E-state index contributed by atoms with van der Waals surface area (Å²) in [5.41, 5.74) is 0.801. The Morgan fingerprint density at radius 2 is 2.04 bits per heavy atom. The minimum Gasteiger partial charge on any atom is -0.669 e. The largest absolute Gasteiger partial charge is 0.669 e. The van der Waals surface area contributed by atoms with Crippen molar-refractivity contribution in [2.75, 3.05) is 13.1 Å². The number of rotatable bonds is 4. The van der Waals surface area contributed by atoms with Crippen LogP contribution in [0.3, 0.4) is 0 Å². The van der Waals surface area contributed by atoms with Crippen LogP contribution in [0.4, 0.5) is 0 Å². The third-order valence-corrected chi connectivity index (χ3v) is 4.85.